The van der Waals surface area contributed by atoms with E-state index in [1.807, 2.05) is 4.90 Å². The highest BCUT2D eigenvalue weighted by Crippen LogP contribution is 2.48. The van der Waals surface area contributed by atoms with Crippen molar-refractivity contribution in [1.82, 2.24) is 14.3 Å². The minimum Gasteiger partial charge on any atom is -0.497 e. The highest BCUT2D eigenvalue weighted by molar-refractivity contribution is 7.93. The van der Waals surface area contributed by atoms with Crippen molar-refractivity contribution >= 4 is 32.6 Å². The van der Waals surface area contributed by atoms with Crippen LogP contribution in [0.2, 0.25) is 0 Å². The standard InChI is InChI=1S/C33H34F3N5O6S2/c1-45-24-7-6-22(29(16-24)46-2)18-41(32-38-19-39-48-32)49(43,44)25-8-9-26-27(11-13-47-30(26)17-25)40-12-10-23(33(34,35)36)15-28(40)20-4-3-5-21(14-20)31(37)42/h3-9,14,16-17,19,23,27-28H,10-13,15,18H2,1-2H3,(H2,37,42)/t23?,27-,28-/m0/s1. The first-order valence-electron chi connectivity index (χ1n) is 15.4. The van der Waals surface area contributed by atoms with Crippen LogP contribution in [0.3, 0.4) is 0 Å². The van der Waals surface area contributed by atoms with Crippen molar-refractivity contribution < 1.29 is 40.6 Å². The van der Waals surface area contributed by atoms with Crippen LogP contribution in [0.5, 0.6) is 17.2 Å². The number of alkyl halides is 3. The van der Waals surface area contributed by atoms with E-state index in [1.165, 1.54) is 38.7 Å². The van der Waals surface area contributed by atoms with Crippen molar-refractivity contribution in [2.75, 3.05) is 31.7 Å². The van der Waals surface area contributed by atoms with Gasteiger partial charge in [0.25, 0.3) is 10.0 Å². The molecule has 1 amide bonds. The number of ether oxygens (including phenoxy) is 3. The maximum Gasteiger partial charge on any atom is 0.391 e. The number of sulfonamides is 1. The maximum absolute atomic E-state index is 14.3. The molecule has 0 bridgehead atoms. The molecular formula is C33H34F3N5O6S2. The number of nitrogens with zero attached hydrogens (tertiary/aromatic N) is 4. The number of methoxy groups -OCH3 is 2. The van der Waals surface area contributed by atoms with E-state index in [1.54, 1.807) is 42.5 Å². The lowest BCUT2D eigenvalue weighted by molar-refractivity contribution is -0.192. The monoisotopic (exact) mass is 717 g/mol. The average molecular weight is 718 g/mol. The van der Waals surface area contributed by atoms with Crippen LogP contribution in [0.25, 0.3) is 0 Å². The number of hydrogen-bond acceptors (Lipinski definition) is 10. The number of carbonyl (C=O) groups excluding carboxylic acids is 1. The number of fused-ring (bicyclic) bond motifs is 1. The van der Waals surface area contributed by atoms with Gasteiger partial charge in [-0.1, -0.05) is 18.2 Å². The second-order valence-electron chi connectivity index (χ2n) is 11.8. The molecule has 2 aliphatic rings. The highest BCUT2D eigenvalue weighted by atomic mass is 32.2. The topological polar surface area (TPSA) is 137 Å². The van der Waals surface area contributed by atoms with Gasteiger partial charge in [-0.25, -0.2) is 17.7 Å². The summed E-state index contributed by atoms with van der Waals surface area (Å²) in [6.07, 6.45) is -2.93. The van der Waals surface area contributed by atoms with Crippen LogP contribution in [-0.4, -0.2) is 62.1 Å². The van der Waals surface area contributed by atoms with Crippen LogP contribution < -0.4 is 24.2 Å². The van der Waals surface area contributed by atoms with E-state index < -0.39 is 34.1 Å². The van der Waals surface area contributed by atoms with Gasteiger partial charge in [0.15, 0.2) is 0 Å². The van der Waals surface area contributed by atoms with E-state index in [4.69, 9.17) is 19.9 Å². The Hall–Kier alpha value is -4.41. The summed E-state index contributed by atoms with van der Waals surface area (Å²) in [5.41, 5.74) is 7.48. The molecule has 4 aromatic rings. The Morgan fingerprint density at radius 1 is 1.08 bits per heavy atom. The van der Waals surface area contributed by atoms with Gasteiger partial charge in [0, 0.05) is 58.9 Å². The minimum atomic E-state index is -4.38. The number of hydrogen-bond donors (Lipinski definition) is 1. The van der Waals surface area contributed by atoms with Gasteiger partial charge in [0.1, 0.15) is 23.6 Å². The van der Waals surface area contributed by atoms with E-state index in [0.29, 0.717) is 40.4 Å². The van der Waals surface area contributed by atoms with Gasteiger partial charge in [-0.05, 0) is 55.3 Å². The quantitative estimate of drug-likeness (QED) is 0.213. The number of piperidine rings is 1. The molecule has 3 atom stereocenters. The maximum atomic E-state index is 14.3. The van der Waals surface area contributed by atoms with Crippen LogP contribution in [0.1, 0.15) is 58.4 Å². The molecule has 0 saturated carbocycles. The van der Waals surface area contributed by atoms with Crippen molar-refractivity contribution in [3.8, 4) is 17.2 Å². The number of benzene rings is 3. The summed E-state index contributed by atoms with van der Waals surface area (Å²) < 4.78 is 92.4. The Balaban J connectivity index is 1.35. The molecule has 1 aromatic heterocycles. The summed E-state index contributed by atoms with van der Waals surface area (Å²) in [4.78, 5) is 18.1. The van der Waals surface area contributed by atoms with Gasteiger partial charge in [-0.2, -0.15) is 17.5 Å². The van der Waals surface area contributed by atoms with Crippen molar-refractivity contribution in [3.63, 3.8) is 0 Å². The fourth-order valence-electron chi connectivity index (χ4n) is 6.53. The molecule has 0 radical (unpaired) electrons. The molecule has 3 aromatic carbocycles. The molecule has 2 N–H and O–H groups in total. The second-order valence-corrected chi connectivity index (χ2v) is 14.4. The van der Waals surface area contributed by atoms with E-state index in [-0.39, 0.29) is 54.2 Å². The first-order valence-corrected chi connectivity index (χ1v) is 17.6. The van der Waals surface area contributed by atoms with Crippen LogP contribution in [0, 0.1) is 5.92 Å². The number of anilines is 1. The first-order chi connectivity index (χ1) is 23.4. The van der Waals surface area contributed by atoms with Crippen molar-refractivity contribution in [3.05, 3.63) is 89.2 Å². The Kier molecular flexibility index (Phi) is 9.73. The molecule has 1 fully saturated rings. The minimum absolute atomic E-state index is 0.0592. The van der Waals surface area contributed by atoms with Crippen LogP contribution in [0.4, 0.5) is 18.3 Å². The molecule has 3 heterocycles. The summed E-state index contributed by atoms with van der Waals surface area (Å²) in [5, 5.41) is 0.142. The van der Waals surface area contributed by atoms with E-state index >= 15 is 0 Å². The van der Waals surface area contributed by atoms with Gasteiger partial charge in [-0.3, -0.25) is 9.69 Å². The van der Waals surface area contributed by atoms with E-state index in [2.05, 4.69) is 9.36 Å². The average Bonchev–Trinajstić information content (AvgIpc) is 3.64. The van der Waals surface area contributed by atoms with Crippen LogP contribution in [0.15, 0.2) is 71.9 Å². The Morgan fingerprint density at radius 2 is 1.90 bits per heavy atom. The Morgan fingerprint density at radius 3 is 2.59 bits per heavy atom. The first kappa shape index (κ1) is 34.5. The number of nitrogens with two attached hydrogens (primary N) is 1. The second kappa shape index (κ2) is 13.8. The van der Waals surface area contributed by atoms with Crippen LogP contribution >= 0.6 is 11.5 Å². The predicted octanol–water partition coefficient (Wildman–Crippen LogP) is 5.89. The number of likely N-dealkylation sites (tertiary alicyclic amines) is 1. The number of primary amides is 1. The van der Waals surface area contributed by atoms with Gasteiger partial charge in [-0.15, -0.1) is 0 Å². The summed E-state index contributed by atoms with van der Waals surface area (Å²) >= 11 is 0.917. The third-order valence-electron chi connectivity index (χ3n) is 9.02. The number of rotatable bonds is 10. The normalized spacial score (nSPS) is 19.8. The van der Waals surface area contributed by atoms with Crippen molar-refractivity contribution in [2.24, 2.45) is 11.7 Å². The molecule has 0 aliphatic carbocycles. The molecule has 16 heteroatoms. The predicted molar refractivity (Wildman–Crippen MR) is 175 cm³/mol. The van der Waals surface area contributed by atoms with Crippen molar-refractivity contribution in [1.29, 1.82) is 0 Å². The molecule has 6 rings (SSSR count). The van der Waals surface area contributed by atoms with Gasteiger partial charge in [0.05, 0.1) is 38.2 Å². The van der Waals surface area contributed by atoms with Gasteiger partial charge < -0.3 is 19.9 Å². The highest BCUT2D eigenvalue weighted by Gasteiger charge is 2.47. The number of amides is 1. The molecule has 1 saturated heterocycles. The number of aromatic nitrogens is 2. The van der Waals surface area contributed by atoms with Crippen molar-refractivity contribution in [2.45, 2.75) is 49.0 Å². The lowest BCUT2D eigenvalue weighted by Gasteiger charge is -2.46. The molecule has 260 valence electrons. The number of carbonyl (C=O) groups is 1. The molecule has 1 unspecified atom stereocenters. The Labute approximate surface area is 285 Å². The third kappa shape index (κ3) is 7.03. The zero-order valence-corrected chi connectivity index (χ0v) is 28.2. The molecule has 2 aliphatic heterocycles. The zero-order chi connectivity index (χ0) is 34.9. The van der Waals surface area contributed by atoms with Crippen LogP contribution in [-0.2, 0) is 16.6 Å². The molecular weight excluding hydrogens is 684 g/mol. The summed E-state index contributed by atoms with van der Waals surface area (Å²) in [6, 6.07) is 15.0. The molecule has 49 heavy (non-hydrogen) atoms. The van der Waals surface area contributed by atoms with E-state index in [0.717, 1.165) is 15.8 Å². The number of halogens is 3. The lowest BCUT2D eigenvalue weighted by atomic mass is 9.83. The smallest absolute Gasteiger partial charge is 0.391 e. The lowest BCUT2D eigenvalue weighted by Crippen LogP contribution is -2.44. The largest absolute Gasteiger partial charge is 0.497 e. The van der Waals surface area contributed by atoms with Gasteiger partial charge in [0.2, 0.25) is 11.0 Å². The van der Waals surface area contributed by atoms with Gasteiger partial charge >= 0.3 is 6.18 Å². The SMILES string of the molecule is COc1ccc(CN(c2ncns2)S(=O)(=O)c2ccc3c(c2)OCC[C@@H]3N2CCC(C(F)(F)F)C[C@H]2c2cccc(C(N)=O)c2)c(OC)c1. The molecule has 11 nitrogen and oxygen atoms in total. The van der Waals surface area contributed by atoms with E-state index in [9.17, 15) is 26.4 Å². The fraction of sp³-hybridized carbons (Fsp3) is 0.364. The fourth-order valence-corrected chi connectivity index (χ4v) is 8.68. The zero-order valence-electron chi connectivity index (χ0n) is 26.6. The summed E-state index contributed by atoms with van der Waals surface area (Å²) in [7, 11) is -1.25. The third-order valence-corrected chi connectivity index (χ3v) is 11.6. The Bertz CT molecular complexity index is 1930. The molecule has 0 spiro atoms. The summed E-state index contributed by atoms with van der Waals surface area (Å²) in [5.74, 6) is -0.911. The summed E-state index contributed by atoms with van der Waals surface area (Å²) in [6.45, 7) is 0.233.